The lowest BCUT2D eigenvalue weighted by atomic mass is 10.2. The van der Waals surface area contributed by atoms with Crippen molar-refractivity contribution in [3.8, 4) is 5.75 Å². The third-order valence-electron chi connectivity index (χ3n) is 2.71. The molecular weight excluding hydrogens is 301 g/mol. The summed E-state index contributed by atoms with van der Waals surface area (Å²) in [7, 11) is 0. The highest BCUT2D eigenvalue weighted by atomic mass is 35.5. The molecule has 2 aromatic rings. The van der Waals surface area contributed by atoms with E-state index in [0.29, 0.717) is 21.4 Å². The van der Waals surface area contributed by atoms with E-state index < -0.39 is 4.92 Å². The molecule has 0 aliphatic rings. The lowest BCUT2D eigenvalue weighted by Crippen LogP contribution is -1.99. The minimum atomic E-state index is -0.473. The maximum absolute atomic E-state index is 10.7. The molecule has 0 bridgehead atoms. The fraction of sp³-hybridized carbons (Fsp3) is 0.143. The predicted octanol–water partition coefficient (Wildman–Crippen LogP) is 4.79. The van der Waals surface area contributed by atoms with E-state index in [2.05, 4.69) is 0 Å². The highest BCUT2D eigenvalue weighted by Gasteiger charge is 2.11. The second kappa shape index (κ2) is 6.11. The summed E-state index contributed by atoms with van der Waals surface area (Å²) in [6, 6.07) is 9.64. The van der Waals surface area contributed by atoms with E-state index in [4.69, 9.17) is 27.9 Å². The van der Waals surface area contributed by atoms with Crippen LogP contribution in [0.5, 0.6) is 5.75 Å². The second-order valence-corrected chi connectivity index (χ2v) is 5.07. The van der Waals surface area contributed by atoms with Crippen molar-refractivity contribution in [3.05, 3.63) is 67.7 Å². The number of benzene rings is 2. The van der Waals surface area contributed by atoms with Crippen molar-refractivity contribution in [3.63, 3.8) is 0 Å². The molecule has 2 aromatic carbocycles. The molecule has 0 aromatic heterocycles. The van der Waals surface area contributed by atoms with Crippen LogP contribution in [-0.2, 0) is 6.61 Å². The summed E-state index contributed by atoms with van der Waals surface area (Å²) in [5.41, 5.74) is 1.52. The van der Waals surface area contributed by atoms with Crippen LogP contribution in [0.25, 0.3) is 0 Å². The number of non-ortho nitro benzene ring substituents is 1. The lowest BCUT2D eigenvalue weighted by molar-refractivity contribution is -0.384. The van der Waals surface area contributed by atoms with Crippen molar-refractivity contribution in [1.82, 2.24) is 0 Å². The maximum atomic E-state index is 10.7. The fourth-order valence-corrected chi connectivity index (χ4v) is 2.01. The molecule has 0 amide bonds. The van der Waals surface area contributed by atoms with Gasteiger partial charge >= 0.3 is 0 Å². The van der Waals surface area contributed by atoms with Gasteiger partial charge in [-0.05, 0) is 30.7 Å². The molecule has 0 saturated carbocycles. The molecule has 20 heavy (non-hydrogen) atoms. The average Bonchev–Trinajstić information content (AvgIpc) is 2.41. The van der Waals surface area contributed by atoms with E-state index in [9.17, 15) is 10.1 Å². The second-order valence-electron chi connectivity index (χ2n) is 4.26. The van der Waals surface area contributed by atoms with Crippen LogP contribution >= 0.6 is 23.2 Å². The van der Waals surface area contributed by atoms with Gasteiger partial charge in [0.1, 0.15) is 12.4 Å². The first-order valence-electron chi connectivity index (χ1n) is 5.79. The molecule has 104 valence electrons. The van der Waals surface area contributed by atoms with E-state index in [0.717, 1.165) is 5.56 Å². The number of hydrogen-bond acceptors (Lipinski definition) is 3. The number of nitro benzene ring substituents is 1. The summed E-state index contributed by atoms with van der Waals surface area (Å²) < 4.78 is 5.58. The topological polar surface area (TPSA) is 52.4 Å². The van der Waals surface area contributed by atoms with Gasteiger partial charge < -0.3 is 4.74 Å². The van der Waals surface area contributed by atoms with Crippen LogP contribution in [0, 0.1) is 17.0 Å². The van der Waals surface area contributed by atoms with Crippen LogP contribution in [0.2, 0.25) is 10.0 Å². The van der Waals surface area contributed by atoms with E-state index in [1.54, 1.807) is 12.1 Å². The molecule has 0 unspecified atom stereocenters. The first kappa shape index (κ1) is 14.6. The van der Waals surface area contributed by atoms with Crippen molar-refractivity contribution in [1.29, 1.82) is 0 Å². The molecule has 0 fully saturated rings. The molecule has 0 radical (unpaired) electrons. The first-order chi connectivity index (χ1) is 9.47. The Hall–Kier alpha value is -1.78. The summed E-state index contributed by atoms with van der Waals surface area (Å²) in [5, 5.41) is 11.6. The fourth-order valence-electron chi connectivity index (χ4n) is 1.66. The zero-order valence-corrected chi connectivity index (χ0v) is 12.1. The molecule has 4 nitrogen and oxygen atoms in total. The highest BCUT2D eigenvalue weighted by molar-refractivity contribution is 6.32. The molecule has 0 N–H and O–H groups in total. The zero-order chi connectivity index (χ0) is 14.7. The monoisotopic (exact) mass is 311 g/mol. The van der Waals surface area contributed by atoms with Gasteiger partial charge in [-0.1, -0.05) is 29.3 Å². The van der Waals surface area contributed by atoms with Crippen molar-refractivity contribution < 1.29 is 9.66 Å². The summed E-state index contributed by atoms with van der Waals surface area (Å²) in [6.45, 7) is 2.03. The van der Waals surface area contributed by atoms with Gasteiger partial charge in [-0.15, -0.1) is 0 Å². The van der Waals surface area contributed by atoms with Crippen molar-refractivity contribution >= 4 is 28.9 Å². The quantitative estimate of drug-likeness (QED) is 0.602. The molecule has 0 heterocycles. The Bertz CT molecular complexity index is 659. The molecular formula is C14H11Cl2NO3. The van der Waals surface area contributed by atoms with Crippen molar-refractivity contribution in [2.75, 3.05) is 0 Å². The molecule has 6 heteroatoms. The minimum absolute atomic E-state index is 0.0247. The Morgan fingerprint density at radius 2 is 1.85 bits per heavy atom. The Morgan fingerprint density at radius 3 is 2.55 bits per heavy atom. The molecule has 0 aliphatic carbocycles. The number of ether oxygens (including phenoxy) is 1. The van der Waals surface area contributed by atoms with Gasteiger partial charge in [-0.25, -0.2) is 0 Å². The predicted molar refractivity (Wildman–Crippen MR) is 78.6 cm³/mol. The van der Waals surface area contributed by atoms with E-state index in [1.165, 1.54) is 18.2 Å². The van der Waals surface area contributed by atoms with Crippen LogP contribution < -0.4 is 4.74 Å². The summed E-state index contributed by atoms with van der Waals surface area (Å²) >= 11 is 12.0. The van der Waals surface area contributed by atoms with E-state index in [-0.39, 0.29) is 12.3 Å². The van der Waals surface area contributed by atoms with E-state index >= 15 is 0 Å². The first-order valence-corrected chi connectivity index (χ1v) is 6.55. The molecule has 0 aliphatic heterocycles. The highest BCUT2D eigenvalue weighted by Crippen LogP contribution is 2.28. The normalized spacial score (nSPS) is 10.3. The van der Waals surface area contributed by atoms with Crippen molar-refractivity contribution in [2.45, 2.75) is 13.5 Å². The smallest absolute Gasteiger partial charge is 0.269 e. The van der Waals surface area contributed by atoms with Gasteiger partial charge in [0.2, 0.25) is 0 Å². The Labute approximate surface area is 126 Å². The maximum Gasteiger partial charge on any atom is 0.269 e. The van der Waals surface area contributed by atoms with Crippen LogP contribution in [0.3, 0.4) is 0 Å². The van der Waals surface area contributed by atoms with Gasteiger partial charge in [0.25, 0.3) is 5.69 Å². The number of hydrogen-bond donors (Lipinski definition) is 0. The Balaban J connectivity index is 2.20. The largest absolute Gasteiger partial charge is 0.487 e. The molecule has 0 atom stereocenters. The van der Waals surface area contributed by atoms with E-state index in [1.807, 2.05) is 13.0 Å². The van der Waals surface area contributed by atoms with Crippen LogP contribution in [0.1, 0.15) is 11.1 Å². The molecule has 0 saturated heterocycles. The van der Waals surface area contributed by atoms with Gasteiger partial charge in [-0.3, -0.25) is 10.1 Å². The standard InChI is InChI=1S/C14H11Cl2NO3/c1-9-2-4-13(16)14(6-9)20-8-10-7-11(17(18)19)3-5-12(10)15/h2-7H,8H2,1H3. The lowest BCUT2D eigenvalue weighted by Gasteiger charge is -2.10. The minimum Gasteiger partial charge on any atom is -0.487 e. The van der Waals surface area contributed by atoms with Gasteiger partial charge in [0.15, 0.2) is 0 Å². The number of rotatable bonds is 4. The number of aryl methyl sites for hydroxylation is 1. The average molecular weight is 312 g/mol. The molecule has 0 spiro atoms. The number of nitrogens with zero attached hydrogens (tertiary/aromatic N) is 1. The van der Waals surface area contributed by atoms with Crippen LogP contribution in [0.15, 0.2) is 36.4 Å². The van der Waals surface area contributed by atoms with Crippen molar-refractivity contribution in [2.24, 2.45) is 0 Å². The third-order valence-corrected chi connectivity index (χ3v) is 3.39. The summed E-state index contributed by atoms with van der Waals surface area (Å²) in [6.07, 6.45) is 0. The third kappa shape index (κ3) is 3.40. The summed E-state index contributed by atoms with van der Waals surface area (Å²) in [4.78, 5) is 10.3. The summed E-state index contributed by atoms with van der Waals surface area (Å²) in [5.74, 6) is 0.522. The zero-order valence-electron chi connectivity index (χ0n) is 10.6. The molecule has 2 rings (SSSR count). The van der Waals surface area contributed by atoms with Crippen LogP contribution in [0.4, 0.5) is 5.69 Å². The number of nitro groups is 1. The van der Waals surface area contributed by atoms with Gasteiger partial charge in [-0.2, -0.15) is 0 Å². The van der Waals surface area contributed by atoms with Gasteiger partial charge in [0, 0.05) is 22.7 Å². The van der Waals surface area contributed by atoms with Crippen LogP contribution in [-0.4, -0.2) is 4.92 Å². The Kier molecular flexibility index (Phi) is 4.47. The SMILES string of the molecule is Cc1ccc(Cl)c(OCc2cc([N+](=O)[O-])ccc2Cl)c1. The van der Waals surface area contributed by atoms with Gasteiger partial charge in [0.05, 0.1) is 9.95 Å². The Morgan fingerprint density at radius 1 is 1.15 bits per heavy atom. The number of halogens is 2.